The monoisotopic (exact) mass is 449 g/mol. The summed E-state index contributed by atoms with van der Waals surface area (Å²) in [6.07, 6.45) is 4.63. The summed E-state index contributed by atoms with van der Waals surface area (Å²) in [5.41, 5.74) is 4.05. The highest BCUT2D eigenvalue weighted by Crippen LogP contribution is 2.59. The van der Waals surface area contributed by atoms with Gasteiger partial charge in [-0.15, -0.1) is 0 Å². The van der Waals surface area contributed by atoms with Crippen LogP contribution in [0.3, 0.4) is 0 Å². The van der Waals surface area contributed by atoms with E-state index in [1.165, 1.54) is 5.56 Å². The largest absolute Gasteiger partial charge is 0.381 e. The lowest BCUT2D eigenvalue weighted by Gasteiger charge is -2.38. The summed E-state index contributed by atoms with van der Waals surface area (Å²) in [6, 6.07) is 12.6. The molecule has 1 saturated carbocycles. The van der Waals surface area contributed by atoms with Crippen LogP contribution in [-0.4, -0.2) is 54.5 Å². The molecule has 2 aliphatic heterocycles. The number of aryl methyl sites for hydroxylation is 2. The van der Waals surface area contributed by atoms with E-state index in [2.05, 4.69) is 34.6 Å². The number of ether oxygens (including phenoxy) is 1. The molecule has 0 bridgehead atoms. The molecule has 2 amide bonds. The van der Waals surface area contributed by atoms with Crippen molar-refractivity contribution in [3.63, 3.8) is 0 Å². The van der Waals surface area contributed by atoms with Crippen molar-refractivity contribution < 1.29 is 14.3 Å². The van der Waals surface area contributed by atoms with Crippen LogP contribution in [0.4, 0.5) is 0 Å². The highest BCUT2D eigenvalue weighted by molar-refractivity contribution is 5.94. The van der Waals surface area contributed by atoms with Crippen molar-refractivity contribution >= 4 is 11.8 Å². The molecule has 176 valence electrons. The van der Waals surface area contributed by atoms with E-state index in [4.69, 9.17) is 4.74 Å². The van der Waals surface area contributed by atoms with Crippen LogP contribution in [0, 0.1) is 25.2 Å². The minimum Gasteiger partial charge on any atom is -0.381 e. The van der Waals surface area contributed by atoms with Gasteiger partial charge in [-0.25, -0.2) is 0 Å². The van der Waals surface area contributed by atoms with Crippen molar-refractivity contribution in [3.05, 3.63) is 58.9 Å². The minimum absolute atomic E-state index is 0.0426. The maximum absolute atomic E-state index is 13.2. The van der Waals surface area contributed by atoms with Gasteiger partial charge in [0.25, 0.3) is 5.91 Å². The number of benzene rings is 1. The van der Waals surface area contributed by atoms with E-state index in [9.17, 15) is 9.59 Å². The number of likely N-dealkylation sites (tertiary alicyclic amines) is 1. The average Bonchev–Trinajstić information content (AvgIpc) is 3.43. The Balaban J connectivity index is 1.17. The molecule has 33 heavy (non-hydrogen) atoms. The van der Waals surface area contributed by atoms with Crippen LogP contribution in [0.25, 0.3) is 0 Å². The highest BCUT2D eigenvalue weighted by Gasteiger charge is 2.59. The molecule has 2 saturated heterocycles. The molecule has 2 N–H and O–H groups in total. The van der Waals surface area contributed by atoms with E-state index in [1.807, 2.05) is 30.9 Å². The van der Waals surface area contributed by atoms with Crippen LogP contribution < -0.4 is 5.32 Å². The number of amides is 2. The molecule has 3 heterocycles. The van der Waals surface area contributed by atoms with E-state index in [1.54, 1.807) is 0 Å². The fraction of sp³-hybridized carbons (Fsp3) is 0.556. The molecular weight excluding hydrogens is 414 g/mol. The molecule has 2 aromatic rings. The Morgan fingerprint density at radius 3 is 2.42 bits per heavy atom. The third kappa shape index (κ3) is 4.21. The van der Waals surface area contributed by atoms with Crippen molar-refractivity contribution in [2.75, 3.05) is 32.8 Å². The van der Waals surface area contributed by atoms with Gasteiger partial charge in [0.05, 0.1) is 0 Å². The quantitative estimate of drug-likeness (QED) is 0.730. The average molecular weight is 450 g/mol. The number of nitrogens with zero attached hydrogens (tertiary/aromatic N) is 1. The Labute approximate surface area is 196 Å². The van der Waals surface area contributed by atoms with Gasteiger partial charge in [-0.1, -0.05) is 30.3 Å². The van der Waals surface area contributed by atoms with Crippen LogP contribution in [0.1, 0.15) is 59.4 Å². The van der Waals surface area contributed by atoms with Gasteiger partial charge < -0.3 is 19.9 Å². The summed E-state index contributed by atoms with van der Waals surface area (Å²) in [4.78, 5) is 31.2. The molecule has 0 radical (unpaired) electrons. The first-order chi connectivity index (χ1) is 15.9. The third-order valence-electron chi connectivity index (χ3n) is 8.35. The number of carbonyl (C=O) groups is 2. The second kappa shape index (κ2) is 8.64. The van der Waals surface area contributed by atoms with Crippen molar-refractivity contribution in [3.8, 4) is 0 Å². The molecule has 1 spiro atoms. The summed E-state index contributed by atoms with van der Waals surface area (Å²) in [6.45, 7) is 7.55. The van der Waals surface area contributed by atoms with Gasteiger partial charge in [0.1, 0.15) is 5.69 Å². The number of H-pyrrole nitrogens is 1. The smallest absolute Gasteiger partial charge is 0.270 e. The standard InChI is InChI=1S/C27H35N3O3/c1-19-16-20(2)29-23(19)25(32)30-12-8-26(9-13-30)17-22(26)24(31)28-18-27(10-14-33-15-11-27)21-6-4-3-5-7-21/h3-7,16,22,29H,8-15,17-18H2,1-2H3,(H,28,31). The van der Waals surface area contributed by atoms with Gasteiger partial charge in [-0.05, 0) is 68.6 Å². The van der Waals surface area contributed by atoms with E-state index >= 15 is 0 Å². The Morgan fingerprint density at radius 2 is 1.79 bits per heavy atom. The van der Waals surface area contributed by atoms with E-state index in [0.29, 0.717) is 12.2 Å². The number of hydrogen-bond acceptors (Lipinski definition) is 3. The van der Waals surface area contributed by atoms with Crippen molar-refractivity contribution in [2.45, 2.75) is 51.4 Å². The molecule has 5 rings (SSSR count). The van der Waals surface area contributed by atoms with Gasteiger partial charge in [0, 0.05) is 49.9 Å². The molecule has 1 aromatic carbocycles. The number of aromatic amines is 1. The van der Waals surface area contributed by atoms with Crippen molar-refractivity contribution in [2.24, 2.45) is 11.3 Å². The van der Waals surface area contributed by atoms with Crippen LogP contribution in [0.5, 0.6) is 0 Å². The number of hydrogen-bond donors (Lipinski definition) is 2. The van der Waals surface area contributed by atoms with Crippen LogP contribution in [0.15, 0.2) is 36.4 Å². The van der Waals surface area contributed by atoms with Gasteiger partial charge in [-0.2, -0.15) is 0 Å². The number of carbonyl (C=O) groups excluding carboxylic acids is 2. The second-order valence-corrected chi connectivity index (χ2v) is 10.4. The Kier molecular flexibility index (Phi) is 5.81. The van der Waals surface area contributed by atoms with E-state index < -0.39 is 0 Å². The Morgan fingerprint density at radius 1 is 1.09 bits per heavy atom. The van der Waals surface area contributed by atoms with Crippen LogP contribution >= 0.6 is 0 Å². The Bertz CT molecular complexity index is 1010. The van der Waals surface area contributed by atoms with Crippen LogP contribution in [-0.2, 0) is 14.9 Å². The summed E-state index contributed by atoms with van der Waals surface area (Å²) < 4.78 is 5.63. The fourth-order valence-electron chi connectivity index (χ4n) is 6.04. The van der Waals surface area contributed by atoms with Gasteiger partial charge in [0.2, 0.25) is 5.91 Å². The maximum Gasteiger partial charge on any atom is 0.270 e. The molecule has 1 unspecified atom stereocenters. The lowest BCUT2D eigenvalue weighted by Crippen LogP contribution is -2.46. The lowest BCUT2D eigenvalue weighted by atomic mass is 9.74. The van der Waals surface area contributed by atoms with E-state index in [-0.39, 0.29) is 28.6 Å². The summed E-state index contributed by atoms with van der Waals surface area (Å²) in [5.74, 6) is 0.353. The van der Waals surface area contributed by atoms with Crippen LogP contribution in [0.2, 0.25) is 0 Å². The molecule has 6 nitrogen and oxygen atoms in total. The predicted octanol–water partition coefficient (Wildman–Crippen LogP) is 3.74. The molecule has 3 aliphatic rings. The van der Waals surface area contributed by atoms with Gasteiger partial charge in [-0.3, -0.25) is 9.59 Å². The highest BCUT2D eigenvalue weighted by atomic mass is 16.5. The SMILES string of the molecule is Cc1cc(C)c(C(=O)N2CCC3(CC2)CC3C(=O)NCC2(c3ccccc3)CCOCC2)[nH]1. The van der Waals surface area contributed by atoms with Gasteiger partial charge >= 0.3 is 0 Å². The lowest BCUT2D eigenvalue weighted by molar-refractivity contribution is -0.123. The van der Waals surface area contributed by atoms with E-state index in [0.717, 1.165) is 69.7 Å². The molecule has 3 fully saturated rings. The first-order valence-corrected chi connectivity index (χ1v) is 12.3. The molecule has 1 aliphatic carbocycles. The molecular formula is C27H35N3O3. The summed E-state index contributed by atoms with van der Waals surface area (Å²) in [7, 11) is 0. The molecule has 1 aromatic heterocycles. The fourth-order valence-corrected chi connectivity index (χ4v) is 6.04. The number of piperidine rings is 1. The number of nitrogens with one attached hydrogen (secondary N) is 2. The first-order valence-electron chi connectivity index (χ1n) is 12.3. The first kappa shape index (κ1) is 22.2. The Hall–Kier alpha value is -2.60. The zero-order valence-electron chi connectivity index (χ0n) is 19.8. The minimum atomic E-state index is -0.0426. The second-order valence-electron chi connectivity index (χ2n) is 10.4. The molecule has 1 atom stereocenters. The summed E-state index contributed by atoms with van der Waals surface area (Å²) in [5, 5.41) is 3.32. The zero-order valence-corrected chi connectivity index (χ0v) is 19.8. The zero-order chi connectivity index (χ0) is 23.1. The van der Waals surface area contributed by atoms with Gasteiger partial charge in [0.15, 0.2) is 0 Å². The van der Waals surface area contributed by atoms with Crippen molar-refractivity contribution in [1.82, 2.24) is 15.2 Å². The topological polar surface area (TPSA) is 74.4 Å². The number of aromatic nitrogens is 1. The number of rotatable bonds is 5. The third-order valence-corrected chi connectivity index (χ3v) is 8.35. The normalized spacial score (nSPS) is 23.3. The maximum atomic E-state index is 13.2. The molecule has 6 heteroatoms. The van der Waals surface area contributed by atoms with Crippen molar-refractivity contribution in [1.29, 1.82) is 0 Å². The summed E-state index contributed by atoms with van der Waals surface area (Å²) >= 11 is 0. The predicted molar refractivity (Wildman–Crippen MR) is 127 cm³/mol.